The molecule has 0 radical (unpaired) electrons. The maximum atomic E-state index is 12.8. The van der Waals surface area contributed by atoms with Gasteiger partial charge in [-0.3, -0.25) is 27.1 Å². The lowest BCUT2D eigenvalue weighted by molar-refractivity contribution is -0.0421. The molecule has 3 rings (SSSR count). The van der Waals surface area contributed by atoms with Crippen molar-refractivity contribution in [2.75, 3.05) is 34.0 Å². The standard InChI is InChI=1S/C17H36B3O19P3/c1-30-3-6-12(9(21)15(18)34-6)38-41(26,27)33-5-8-14(11(23)17(20)36-8)39-42(28,29)32-4-7-13(10(22)16(19)35-7)37-40(24,25)31-2/h6-17,21-23H,3-5,18-20H2,1-2H3,(H,24,25)(H,26,27)(H,28,29). The Bertz CT molecular complexity index is 1040. The van der Waals surface area contributed by atoms with Crippen LogP contribution in [0.4, 0.5) is 0 Å². The van der Waals surface area contributed by atoms with Crippen LogP contribution in [0, 0.1) is 0 Å². The van der Waals surface area contributed by atoms with E-state index in [1.165, 1.54) is 30.6 Å². The molecule has 0 aromatic carbocycles. The third-order valence-corrected chi connectivity index (χ3v) is 9.79. The molecule has 15 atom stereocenters. The SMILES string of the molecule is BC1OC(COP(=O)(O)OC2C(COP(=O)(O)OC3C(COC)OC(B)C3O)OC(B)C2O)C(OP(=O)(O)OC)C1O. The Hall–Kier alpha value is 0.245. The van der Waals surface area contributed by atoms with Crippen LogP contribution in [0.2, 0.25) is 0 Å². The first-order valence-electron chi connectivity index (χ1n) is 12.8. The average Bonchev–Trinajstić information content (AvgIpc) is 3.43. The molecule has 3 aliphatic rings. The van der Waals surface area contributed by atoms with Crippen molar-refractivity contribution < 1.29 is 89.8 Å². The summed E-state index contributed by atoms with van der Waals surface area (Å²) in [5, 5.41) is 31.0. The van der Waals surface area contributed by atoms with Gasteiger partial charge in [0.05, 0.1) is 37.8 Å². The van der Waals surface area contributed by atoms with Gasteiger partial charge in [0.15, 0.2) is 0 Å². The Morgan fingerprint density at radius 1 is 0.595 bits per heavy atom. The lowest BCUT2D eigenvalue weighted by atomic mass is 9.93. The second kappa shape index (κ2) is 14.8. The van der Waals surface area contributed by atoms with Gasteiger partial charge in [0.1, 0.15) is 78.5 Å². The van der Waals surface area contributed by atoms with Crippen LogP contribution < -0.4 is 0 Å². The van der Waals surface area contributed by atoms with E-state index in [9.17, 15) is 43.7 Å². The largest absolute Gasteiger partial charge is 0.472 e. The zero-order chi connectivity index (χ0) is 31.6. The monoisotopic (exact) mass is 670 g/mol. The summed E-state index contributed by atoms with van der Waals surface area (Å²) in [6.07, 6.45) is -12.1. The maximum Gasteiger partial charge on any atom is 0.472 e. The van der Waals surface area contributed by atoms with E-state index < -0.39 is 110 Å². The molecular weight excluding hydrogens is 634 g/mol. The highest BCUT2D eigenvalue weighted by atomic mass is 31.2. The van der Waals surface area contributed by atoms with E-state index in [1.807, 2.05) is 0 Å². The van der Waals surface area contributed by atoms with Crippen molar-refractivity contribution in [2.45, 2.75) is 72.9 Å². The Balaban J connectivity index is 1.61. The molecule has 3 saturated heterocycles. The minimum Gasteiger partial charge on any atom is -0.388 e. The second-order valence-corrected chi connectivity index (χ2v) is 14.3. The molecule has 0 aliphatic carbocycles. The van der Waals surface area contributed by atoms with Crippen LogP contribution in [-0.2, 0) is 59.8 Å². The summed E-state index contributed by atoms with van der Waals surface area (Å²) >= 11 is 0. The molecule has 25 heteroatoms. The molecule has 0 aromatic heterocycles. The van der Waals surface area contributed by atoms with Crippen LogP contribution in [0.5, 0.6) is 0 Å². The van der Waals surface area contributed by atoms with Crippen LogP contribution in [0.3, 0.4) is 0 Å². The van der Waals surface area contributed by atoms with Gasteiger partial charge < -0.3 is 48.9 Å². The van der Waals surface area contributed by atoms with Crippen LogP contribution in [0.25, 0.3) is 0 Å². The minimum atomic E-state index is -5.04. The third kappa shape index (κ3) is 9.39. The van der Waals surface area contributed by atoms with Gasteiger partial charge in [-0.25, -0.2) is 13.7 Å². The summed E-state index contributed by atoms with van der Waals surface area (Å²) in [6.45, 7) is -1.58. The lowest BCUT2D eigenvalue weighted by Crippen LogP contribution is -2.38. The van der Waals surface area contributed by atoms with Gasteiger partial charge >= 0.3 is 23.5 Å². The van der Waals surface area contributed by atoms with E-state index in [0.717, 1.165) is 7.11 Å². The topological polar surface area (TPSA) is 265 Å². The molecule has 3 heterocycles. The number of aliphatic hydroxyl groups is 3. The number of phosphoric acid groups is 3. The molecule has 6 N–H and O–H groups in total. The van der Waals surface area contributed by atoms with Crippen molar-refractivity contribution in [3.8, 4) is 0 Å². The highest BCUT2D eigenvalue weighted by Gasteiger charge is 2.50. The van der Waals surface area contributed by atoms with Gasteiger partial charge in [-0.05, 0) is 0 Å². The van der Waals surface area contributed by atoms with Gasteiger partial charge in [0.25, 0.3) is 0 Å². The first-order valence-corrected chi connectivity index (χ1v) is 17.3. The predicted molar refractivity (Wildman–Crippen MR) is 145 cm³/mol. The molecule has 42 heavy (non-hydrogen) atoms. The molecule has 0 amide bonds. The van der Waals surface area contributed by atoms with Crippen LogP contribution >= 0.6 is 23.5 Å². The molecule has 3 fully saturated rings. The summed E-state index contributed by atoms with van der Waals surface area (Å²) < 4.78 is 87.9. The number of phosphoric ester groups is 3. The highest BCUT2D eigenvalue weighted by Crippen LogP contribution is 2.51. The van der Waals surface area contributed by atoms with E-state index in [-0.39, 0.29) is 6.61 Å². The van der Waals surface area contributed by atoms with Crippen molar-refractivity contribution in [1.29, 1.82) is 0 Å². The fourth-order valence-corrected chi connectivity index (χ4v) is 7.20. The zero-order valence-corrected chi connectivity index (χ0v) is 26.1. The van der Waals surface area contributed by atoms with Crippen molar-refractivity contribution in [2.24, 2.45) is 0 Å². The van der Waals surface area contributed by atoms with Gasteiger partial charge in [-0.15, -0.1) is 0 Å². The van der Waals surface area contributed by atoms with E-state index in [2.05, 4.69) is 4.52 Å². The fraction of sp³-hybridized carbons (Fsp3) is 1.00. The van der Waals surface area contributed by atoms with E-state index >= 15 is 0 Å². The quantitative estimate of drug-likeness (QED) is 0.0703. The number of hydrogen-bond donors (Lipinski definition) is 6. The lowest BCUT2D eigenvalue weighted by Gasteiger charge is -2.26. The fourth-order valence-electron chi connectivity index (χ4n) is 4.62. The molecule has 0 saturated carbocycles. The molecule has 242 valence electrons. The van der Waals surface area contributed by atoms with Crippen molar-refractivity contribution in [3.63, 3.8) is 0 Å². The summed E-state index contributed by atoms with van der Waals surface area (Å²) in [5.74, 6) is 0. The molecular formula is C17H36B3O19P3. The number of ether oxygens (including phenoxy) is 4. The number of aliphatic hydroxyl groups excluding tert-OH is 3. The zero-order valence-electron chi connectivity index (χ0n) is 23.4. The van der Waals surface area contributed by atoms with Crippen molar-refractivity contribution in [3.05, 3.63) is 0 Å². The van der Waals surface area contributed by atoms with Gasteiger partial charge in [0, 0.05) is 14.2 Å². The summed E-state index contributed by atoms with van der Waals surface area (Å²) in [5.41, 5.74) is 0. The Labute approximate surface area is 244 Å². The molecule has 3 aliphatic heterocycles. The van der Waals surface area contributed by atoms with E-state index in [4.69, 9.17) is 41.6 Å². The van der Waals surface area contributed by atoms with Gasteiger partial charge in [-0.2, -0.15) is 0 Å². The summed E-state index contributed by atoms with van der Waals surface area (Å²) in [4.78, 5) is 30.2. The Kier molecular flexibility index (Phi) is 12.9. The smallest absolute Gasteiger partial charge is 0.388 e. The summed E-state index contributed by atoms with van der Waals surface area (Å²) in [6, 6.07) is -2.61. The number of methoxy groups -OCH3 is 1. The molecule has 0 bridgehead atoms. The highest BCUT2D eigenvalue weighted by molar-refractivity contribution is 7.48. The Morgan fingerprint density at radius 2 is 0.905 bits per heavy atom. The van der Waals surface area contributed by atoms with E-state index in [1.54, 1.807) is 0 Å². The number of rotatable bonds is 15. The first kappa shape index (κ1) is 36.7. The minimum absolute atomic E-state index is 0.0501. The van der Waals surface area contributed by atoms with Gasteiger partial charge in [-0.1, -0.05) is 0 Å². The van der Waals surface area contributed by atoms with E-state index in [0.29, 0.717) is 0 Å². The first-order chi connectivity index (χ1) is 19.4. The third-order valence-electron chi connectivity index (χ3n) is 6.85. The number of hydrogen-bond acceptors (Lipinski definition) is 16. The molecule has 0 spiro atoms. The van der Waals surface area contributed by atoms with Crippen LogP contribution in [-0.4, -0.2) is 161 Å². The average molecular weight is 670 g/mol. The summed E-state index contributed by atoms with van der Waals surface area (Å²) in [7, 11) is -7.88. The molecule has 15 unspecified atom stereocenters. The Morgan fingerprint density at radius 3 is 1.21 bits per heavy atom. The van der Waals surface area contributed by atoms with Crippen LogP contribution in [0.15, 0.2) is 0 Å². The molecule has 0 aromatic rings. The van der Waals surface area contributed by atoms with Crippen molar-refractivity contribution in [1.82, 2.24) is 0 Å². The normalized spacial score (nSPS) is 43.1. The molecule has 19 nitrogen and oxygen atoms in total. The second-order valence-electron chi connectivity index (χ2n) is 9.96. The van der Waals surface area contributed by atoms with Crippen LogP contribution in [0.1, 0.15) is 0 Å². The maximum absolute atomic E-state index is 12.8. The predicted octanol–water partition coefficient (Wildman–Crippen LogP) is -5.07. The van der Waals surface area contributed by atoms with Gasteiger partial charge in [0.2, 0.25) is 0 Å². The van der Waals surface area contributed by atoms with Crippen molar-refractivity contribution >= 4 is 47.0 Å².